The van der Waals surface area contributed by atoms with Gasteiger partial charge in [0.15, 0.2) is 0 Å². The van der Waals surface area contributed by atoms with E-state index in [1.807, 2.05) is 47.1 Å². The van der Waals surface area contributed by atoms with Gasteiger partial charge in [-0.3, -0.25) is 0 Å². The summed E-state index contributed by atoms with van der Waals surface area (Å²) in [6.07, 6.45) is 1.55. The summed E-state index contributed by atoms with van der Waals surface area (Å²) < 4.78 is 20.0. The zero-order valence-electron chi connectivity index (χ0n) is 19.3. The van der Waals surface area contributed by atoms with Crippen LogP contribution in [0.3, 0.4) is 0 Å². The van der Waals surface area contributed by atoms with Crippen molar-refractivity contribution in [3.05, 3.63) is 60.2 Å². The van der Waals surface area contributed by atoms with E-state index in [9.17, 15) is 0 Å². The molecule has 166 valence electrons. The van der Waals surface area contributed by atoms with E-state index in [1.54, 1.807) is 19.2 Å². The van der Waals surface area contributed by atoms with E-state index in [2.05, 4.69) is 33.8 Å². The van der Waals surface area contributed by atoms with Gasteiger partial charge in [-0.05, 0) is 52.0 Å². The molecule has 6 nitrogen and oxygen atoms in total. The maximum Gasteiger partial charge on any atom is 0.234 e. The Hall–Kier alpha value is -3.30. The zero-order valence-corrected chi connectivity index (χ0v) is 19.3. The highest BCUT2D eigenvalue weighted by atomic mass is 16.5. The van der Waals surface area contributed by atoms with Gasteiger partial charge in [0.1, 0.15) is 17.5 Å². The fourth-order valence-corrected chi connectivity index (χ4v) is 4.58. The zero-order chi connectivity index (χ0) is 22.9. The van der Waals surface area contributed by atoms with Crippen molar-refractivity contribution in [3.63, 3.8) is 0 Å². The monoisotopic (exact) mass is 431 g/mol. The minimum absolute atomic E-state index is 0.0106. The lowest BCUT2D eigenvalue weighted by atomic mass is 9.87. The molecule has 0 atom stereocenters. The van der Waals surface area contributed by atoms with Crippen LogP contribution in [0.4, 0.5) is 0 Å². The number of ether oxygens (including phenoxy) is 3. The highest BCUT2D eigenvalue weighted by molar-refractivity contribution is 5.65. The molecule has 1 aromatic heterocycles. The van der Waals surface area contributed by atoms with Crippen LogP contribution in [0.2, 0.25) is 0 Å². The fraction of sp³-hybridized carbons (Fsp3) is 0.385. The number of hydrogen-bond acceptors (Lipinski definition) is 5. The van der Waals surface area contributed by atoms with Gasteiger partial charge in [-0.25, -0.2) is 4.68 Å². The molecule has 0 N–H and O–H groups in total. The average Bonchev–Trinajstić information content (AvgIpc) is 3.14. The molecule has 32 heavy (non-hydrogen) atoms. The molecule has 1 aliphatic rings. The molecule has 1 aliphatic heterocycles. The van der Waals surface area contributed by atoms with Crippen molar-refractivity contribution in [2.45, 2.75) is 57.8 Å². The van der Waals surface area contributed by atoms with Crippen LogP contribution < -0.4 is 9.47 Å². The summed E-state index contributed by atoms with van der Waals surface area (Å²) in [6.45, 7) is 8.39. The first-order valence-corrected chi connectivity index (χ1v) is 10.8. The molecule has 2 aromatic carbocycles. The Morgan fingerprint density at radius 2 is 1.69 bits per heavy atom. The topological polar surface area (TPSA) is 69.3 Å². The molecule has 4 rings (SSSR count). The Balaban J connectivity index is 1.75. The molecular formula is C26H29N3O3. The lowest BCUT2D eigenvalue weighted by molar-refractivity contribution is -0.182. The van der Waals surface area contributed by atoms with E-state index < -0.39 is 0 Å². The SMILES string of the molecule is COc1ccccc1-n1nc(OC2CC(C)(C)OC(C)(C)C2)cc1-c1ccc(C#N)cc1. The van der Waals surface area contributed by atoms with Gasteiger partial charge < -0.3 is 14.2 Å². The average molecular weight is 432 g/mol. The summed E-state index contributed by atoms with van der Waals surface area (Å²) in [6, 6.07) is 19.3. The molecule has 1 fully saturated rings. The number of aromatic nitrogens is 2. The summed E-state index contributed by atoms with van der Waals surface area (Å²) in [5, 5.41) is 14.0. The van der Waals surface area contributed by atoms with Crippen LogP contribution >= 0.6 is 0 Å². The summed E-state index contributed by atoms with van der Waals surface area (Å²) >= 11 is 0. The highest BCUT2D eigenvalue weighted by Crippen LogP contribution is 2.38. The summed E-state index contributed by atoms with van der Waals surface area (Å²) in [7, 11) is 1.65. The maximum absolute atomic E-state index is 9.16. The predicted octanol–water partition coefficient (Wildman–Crippen LogP) is 5.53. The second-order valence-corrected chi connectivity index (χ2v) is 9.41. The van der Waals surface area contributed by atoms with Gasteiger partial charge >= 0.3 is 0 Å². The van der Waals surface area contributed by atoms with Gasteiger partial charge in [0.2, 0.25) is 5.88 Å². The first-order valence-electron chi connectivity index (χ1n) is 10.8. The molecule has 0 amide bonds. The van der Waals surface area contributed by atoms with E-state index in [0.29, 0.717) is 17.2 Å². The molecule has 0 bridgehead atoms. The second-order valence-electron chi connectivity index (χ2n) is 9.41. The van der Waals surface area contributed by atoms with Crippen molar-refractivity contribution in [3.8, 4) is 34.6 Å². The van der Waals surface area contributed by atoms with Crippen LogP contribution in [-0.4, -0.2) is 34.2 Å². The minimum Gasteiger partial charge on any atom is -0.494 e. The van der Waals surface area contributed by atoms with Crippen molar-refractivity contribution in [2.24, 2.45) is 0 Å². The van der Waals surface area contributed by atoms with Crippen molar-refractivity contribution in [2.75, 3.05) is 7.11 Å². The Morgan fingerprint density at radius 3 is 2.31 bits per heavy atom. The largest absolute Gasteiger partial charge is 0.494 e. The van der Waals surface area contributed by atoms with E-state index in [0.717, 1.165) is 29.8 Å². The number of rotatable bonds is 5. The number of benzene rings is 2. The van der Waals surface area contributed by atoms with Crippen molar-refractivity contribution in [1.82, 2.24) is 9.78 Å². The smallest absolute Gasteiger partial charge is 0.234 e. The molecule has 0 unspecified atom stereocenters. The third-order valence-corrected chi connectivity index (χ3v) is 5.59. The molecule has 0 aliphatic carbocycles. The van der Waals surface area contributed by atoms with Crippen LogP contribution in [-0.2, 0) is 4.74 Å². The lowest BCUT2D eigenvalue weighted by Crippen LogP contribution is -2.49. The van der Waals surface area contributed by atoms with Crippen molar-refractivity contribution in [1.29, 1.82) is 5.26 Å². The third-order valence-electron chi connectivity index (χ3n) is 5.59. The van der Waals surface area contributed by atoms with Gasteiger partial charge in [0, 0.05) is 24.5 Å². The van der Waals surface area contributed by atoms with Crippen molar-refractivity contribution >= 4 is 0 Å². The number of nitrogens with zero attached hydrogens (tertiary/aromatic N) is 3. The molecule has 6 heteroatoms. The molecule has 0 saturated carbocycles. The first kappa shape index (κ1) is 21.9. The Morgan fingerprint density at radius 1 is 1.03 bits per heavy atom. The number of methoxy groups -OCH3 is 1. The Kier molecular flexibility index (Phi) is 5.70. The van der Waals surface area contributed by atoms with Crippen molar-refractivity contribution < 1.29 is 14.2 Å². The molecule has 2 heterocycles. The molecular weight excluding hydrogens is 402 g/mol. The van der Waals surface area contributed by atoms with Gasteiger partial charge in [0.25, 0.3) is 0 Å². The maximum atomic E-state index is 9.16. The second kappa shape index (κ2) is 8.33. The standard InChI is InChI=1S/C26H29N3O3/c1-25(2)15-20(16-26(3,4)32-25)31-24-14-22(19-12-10-18(17-27)11-13-19)29(28-24)21-8-6-7-9-23(21)30-5/h6-14,20H,15-16H2,1-5H3. The highest BCUT2D eigenvalue weighted by Gasteiger charge is 2.40. The quantitative estimate of drug-likeness (QED) is 0.531. The summed E-state index contributed by atoms with van der Waals surface area (Å²) in [5.74, 6) is 1.26. The minimum atomic E-state index is -0.270. The summed E-state index contributed by atoms with van der Waals surface area (Å²) in [4.78, 5) is 0. The van der Waals surface area contributed by atoms with E-state index in [4.69, 9.17) is 24.6 Å². The van der Waals surface area contributed by atoms with E-state index in [1.165, 1.54) is 0 Å². The summed E-state index contributed by atoms with van der Waals surface area (Å²) in [5.41, 5.74) is 2.68. The molecule has 1 saturated heterocycles. The first-order chi connectivity index (χ1) is 15.2. The normalized spacial score (nSPS) is 17.5. The van der Waals surface area contributed by atoms with Crippen LogP contribution in [0.15, 0.2) is 54.6 Å². The van der Waals surface area contributed by atoms with Crippen LogP contribution in [0.1, 0.15) is 46.1 Å². The van der Waals surface area contributed by atoms with Gasteiger partial charge in [-0.2, -0.15) is 5.26 Å². The van der Waals surface area contributed by atoms with Crippen LogP contribution in [0.25, 0.3) is 16.9 Å². The number of para-hydroxylation sites is 2. The third kappa shape index (κ3) is 4.63. The number of nitriles is 1. The van der Waals surface area contributed by atoms with E-state index in [-0.39, 0.29) is 17.3 Å². The Labute approximate surface area is 189 Å². The number of hydrogen-bond donors (Lipinski definition) is 0. The van der Waals surface area contributed by atoms with Crippen LogP contribution in [0.5, 0.6) is 11.6 Å². The fourth-order valence-electron chi connectivity index (χ4n) is 4.58. The van der Waals surface area contributed by atoms with Crippen LogP contribution in [0, 0.1) is 11.3 Å². The molecule has 0 radical (unpaired) electrons. The van der Waals surface area contributed by atoms with E-state index >= 15 is 0 Å². The predicted molar refractivity (Wildman–Crippen MR) is 123 cm³/mol. The van der Waals surface area contributed by atoms with Gasteiger partial charge in [0.05, 0.1) is 35.6 Å². The Bertz CT molecular complexity index is 1120. The molecule has 0 spiro atoms. The van der Waals surface area contributed by atoms with Gasteiger partial charge in [-0.15, -0.1) is 5.10 Å². The van der Waals surface area contributed by atoms with Gasteiger partial charge in [-0.1, -0.05) is 24.3 Å². The lowest BCUT2D eigenvalue weighted by Gasteiger charge is -2.44. The molecule has 3 aromatic rings.